The Hall–Kier alpha value is -0.670. The Morgan fingerprint density at radius 3 is 3.00 bits per heavy atom. The van der Waals surface area contributed by atoms with E-state index in [1.54, 1.807) is 6.07 Å². The van der Waals surface area contributed by atoms with Gasteiger partial charge in [-0.15, -0.1) is 11.3 Å². The first-order valence-corrected chi connectivity index (χ1v) is 4.58. The summed E-state index contributed by atoms with van der Waals surface area (Å²) in [6.45, 7) is 1.89. The van der Waals surface area contributed by atoms with Crippen LogP contribution in [0.3, 0.4) is 0 Å². The van der Waals surface area contributed by atoms with Gasteiger partial charge in [0.2, 0.25) is 0 Å². The minimum atomic E-state index is -0.408. The van der Waals surface area contributed by atoms with Gasteiger partial charge in [0.15, 0.2) is 0 Å². The number of nitrogens with zero attached hydrogens (tertiary/aromatic N) is 1. The smallest absolute Gasteiger partial charge is 0.144 e. The van der Waals surface area contributed by atoms with Crippen molar-refractivity contribution in [1.82, 2.24) is 4.98 Å². The van der Waals surface area contributed by atoms with Crippen LogP contribution in [0.15, 0.2) is 12.1 Å². The van der Waals surface area contributed by atoms with E-state index in [2.05, 4.69) is 4.98 Å². The van der Waals surface area contributed by atoms with Crippen LogP contribution < -0.4 is 0 Å². The largest absolute Gasteiger partial charge is 0.241 e. The van der Waals surface area contributed by atoms with E-state index < -0.39 is 5.82 Å². The first-order valence-electron chi connectivity index (χ1n) is 3.39. The fourth-order valence-electron chi connectivity index (χ4n) is 1.04. The van der Waals surface area contributed by atoms with E-state index in [-0.39, 0.29) is 5.02 Å². The Morgan fingerprint density at radius 1 is 1.50 bits per heavy atom. The minimum absolute atomic E-state index is 0.158. The van der Waals surface area contributed by atoms with Crippen molar-refractivity contribution in [3.05, 3.63) is 28.0 Å². The van der Waals surface area contributed by atoms with Gasteiger partial charge in [-0.3, -0.25) is 0 Å². The summed E-state index contributed by atoms with van der Waals surface area (Å²) in [6.07, 6.45) is 0. The number of benzene rings is 1. The zero-order valence-corrected chi connectivity index (χ0v) is 7.84. The van der Waals surface area contributed by atoms with E-state index in [0.717, 1.165) is 9.71 Å². The molecule has 2 rings (SSSR count). The van der Waals surface area contributed by atoms with Gasteiger partial charge in [0.25, 0.3) is 0 Å². The molecule has 0 radical (unpaired) electrons. The molecule has 0 spiro atoms. The van der Waals surface area contributed by atoms with Crippen LogP contribution in [0.25, 0.3) is 10.2 Å². The second kappa shape index (κ2) is 2.68. The van der Waals surface area contributed by atoms with Crippen LogP contribution in [-0.2, 0) is 0 Å². The van der Waals surface area contributed by atoms with E-state index >= 15 is 0 Å². The molecule has 0 aliphatic carbocycles. The van der Waals surface area contributed by atoms with Gasteiger partial charge in [-0.2, -0.15) is 0 Å². The number of thiazole rings is 1. The number of aromatic nitrogens is 1. The molecule has 0 saturated carbocycles. The van der Waals surface area contributed by atoms with Gasteiger partial charge in [0, 0.05) is 6.07 Å². The standard InChI is InChI=1S/C8H5ClFNS/c1-4-11-7-3-6(10)5(9)2-8(7)12-4/h2-3H,1H3. The van der Waals surface area contributed by atoms with Crippen molar-refractivity contribution in [2.24, 2.45) is 0 Å². The highest BCUT2D eigenvalue weighted by atomic mass is 35.5. The molecule has 0 amide bonds. The summed E-state index contributed by atoms with van der Waals surface area (Å²) < 4.78 is 13.8. The van der Waals surface area contributed by atoms with Crippen LogP contribution in [0, 0.1) is 12.7 Å². The van der Waals surface area contributed by atoms with Gasteiger partial charge >= 0.3 is 0 Å². The van der Waals surface area contributed by atoms with Gasteiger partial charge in [-0.05, 0) is 13.0 Å². The summed E-state index contributed by atoms with van der Waals surface area (Å²) in [4.78, 5) is 4.13. The number of halogens is 2. The lowest BCUT2D eigenvalue weighted by molar-refractivity contribution is 0.630. The van der Waals surface area contributed by atoms with E-state index in [4.69, 9.17) is 11.6 Å². The predicted octanol–water partition coefficient (Wildman–Crippen LogP) is 3.40. The fourth-order valence-corrected chi connectivity index (χ4v) is 2.12. The number of rotatable bonds is 0. The molecule has 0 unspecified atom stereocenters. The Morgan fingerprint density at radius 2 is 2.25 bits per heavy atom. The van der Waals surface area contributed by atoms with Crippen LogP contribution in [0.4, 0.5) is 4.39 Å². The van der Waals surface area contributed by atoms with Gasteiger partial charge in [-0.1, -0.05) is 11.6 Å². The first kappa shape index (κ1) is 7.95. The molecule has 0 saturated heterocycles. The molecule has 0 aliphatic heterocycles. The summed E-state index contributed by atoms with van der Waals surface area (Å²) in [5.74, 6) is -0.408. The van der Waals surface area contributed by atoms with Gasteiger partial charge in [0.05, 0.1) is 20.2 Å². The average Bonchev–Trinajstić information content (AvgIpc) is 2.30. The maximum atomic E-state index is 12.9. The number of fused-ring (bicyclic) bond motifs is 1. The topological polar surface area (TPSA) is 12.9 Å². The lowest BCUT2D eigenvalue weighted by atomic mass is 10.3. The molecule has 1 heterocycles. The number of hydrogen-bond acceptors (Lipinski definition) is 2. The van der Waals surface area contributed by atoms with E-state index in [9.17, 15) is 4.39 Å². The maximum absolute atomic E-state index is 12.9. The summed E-state index contributed by atoms with van der Waals surface area (Å²) in [6, 6.07) is 2.97. The predicted molar refractivity (Wildman–Crippen MR) is 49.3 cm³/mol. The van der Waals surface area contributed by atoms with E-state index in [0.29, 0.717) is 5.52 Å². The molecule has 12 heavy (non-hydrogen) atoms. The third-order valence-electron chi connectivity index (χ3n) is 1.54. The normalized spacial score (nSPS) is 10.9. The van der Waals surface area contributed by atoms with Crippen LogP contribution in [0.1, 0.15) is 5.01 Å². The molecular weight excluding hydrogens is 197 g/mol. The molecule has 1 aromatic carbocycles. The Bertz CT molecular complexity index is 399. The first-order chi connectivity index (χ1) is 5.66. The fraction of sp³-hybridized carbons (Fsp3) is 0.125. The molecule has 0 fully saturated rings. The SMILES string of the molecule is Cc1nc2cc(F)c(Cl)cc2s1. The van der Waals surface area contributed by atoms with Crippen LogP contribution in [-0.4, -0.2) is 4.98 Å². The maximum Gasteiger partial charge on any atom is 0.144 e. The van der Waals surface area contributed by atoms with Crippen LogP contribution in [0.2, 0.25) is 5.02 Å². The molecule has 0 N–H and O–H groups in total. The van der Waals surface area contributed by atoms with Gasteiger partial charge in [0.1, 0.15) is 5.82 Å². The average molecular weight is 202 g/mol. The zero-order valence-electron chi connectivity index (χ0n) is 6.27. The van der Waals surface area contributed by atoms with Crippen LogP contribution in [0.5, 0.6) is 0 Å². The molecule has 62 valence electrons. The van der Waals surface area contributed by atoms with Crippen molar-refractivity contribution < 1.29 is 4.39 Å². The molecule has 4 heteroatoms. The van der Waals surface area contributed by atoms with E-state index in [1.807, 2.05) is 6.92 Å². The number of aryl methyl sites for hydroxylation is 1. The zero-order chi connectivity index (χ0) is 8.72. The van der Waals surface area contributed by atoms with Crippen molar-refractivity contribution >= 4 is 33.2 Å². The van der Waals surface area contributed by atoms with Crippen LogP contribution >= 0.6 is 22.9 Å². The number of hydrogen-bond donors (Lipinski definition) is 0. The molecular formula is C8H5ClFNS. The summed E-state index contributed by atoms with van der Waals surface area (Å²) in [5, 5.41) is 1.08. The molecule has 2 aromatic rings. The lowest BCUT2D eigenvalue weighted by Crippen LogP contribution is -1.76. The van der Waals surface area contributed by atoms with Crippen molar-refractivity contribution in [3.63, 3.8) is 0 Å². The molecule has 1 nitrogen and oxygen atoms in total. The Kier molecular flexibility index (Phi) is 1.77. The lowest BCUT2D eigenvalue weighted by Gasteiger charge is -1.91. The Balaban J connectivity index is 2.83. The van der Waals surface area contributed by atoms with Crippen molar-refractivity contribution in [1.29, 1.82) is 0 Å². The second-order valence-corrected chi connectivity index (χ2v) is 4.11. The van der Waals surface area contributed by atoms with Crippen molar-refractivity contribution in [2.75, 3.05) is 0 Å². The van der Waals surface area contributed by atoms with Crippen molar-refractivity contribution in [2.45, 2.75) is 6.92 Å². The molecule has 1 aromatic heterocycles. The minimum Gasteiger partial charge on any atom is -0.241 e. The third kappa shape index (κ3) is 1.19. The van der Waals surface area contributed by atoms with Gasteiger partial charge < -0.3 is 0 Å². The molecule has 0 atom stereocenters. The highest BCUT2D eigenvalue weighted by Gasteiger charge is 2.05. The quantitative estimate of drug-likeness (QED) is 0.637. The second-order valence-electron chi connectivity index (χ2n) is 2.47. The Labute approximate surface area is 77.8 Å². The van der Waals surface area contributed by atoms with Gasteiger partial charge in [-0.25, -0.2) is 9.37 Å². The monoisotopic (exact) mass is 201 g/mol. The third-order valence-corrected chi connectivity index (χ3v) is 2.76. The summed E-state index contributed by atoms with van der Waals surface area (Å²) in [7, 11) is 0. The highest BCUT2D eigenvalue weighted by Crippen LogP contribution is 2.26. The molecule has 0 aliphatic rings. The van der Waals surface area contributed by atoms with Crippen molar-refractivity contribution in [3.8, 4) is 0 Å². The highest BCUT2D eigenvalue weighted by molar-refractivity contribution is 7.18. The van der Waals surface area contributed by atoms with E-state index in [1.165, 1.54) is 17.4 Å². The summed E-state index contributed by atoms with van der Waals surface area (Å²) in [5.41, 5.74) is 0.680. The summed E-state index contributed by atoms with van der Waals surface area (Å²) >= 11 is 7.11. The molecule has 0 bridgehead atoms.